The third-order valence-electron chi connectivity index (χ3n) is 3.48. The predicted molar refractivity (Wildman–Crippen MR) is 82.3 cm³/mol. The lowest BCUT2D eigenvalue weighted by Gasteiger charge is -2.23. The van der Waals surface area contributed by atoms with Gasteiger partial charge in [0.15, 0.2) is 0 Å². The van der Waals surface area contributed by atoms with E-state index in [2.05, 4.69) is 15.9 Å². The molecule has 0 aliphatic rings. The van der Waals surface area contributed by atoms with Crippen LogP contribution in [-0.4, -0.2) is 5.78 Å². The normalized spacial score (nSPS) is 11.4. The van der Waals surface area contributed by atoms with E-state index in [1.807, 2.05) is 44.2 Å². The van der Waals surface area contributed by atoms with Gasteiger partial charge >= 0.3 is 0 Å². The summed E-state index contributed by atoms with van der Waals surface area (Å²) in [7, 11) is 0. The molecule has 0 aliphatic carbocycles. The van der Waals surface area contributed by atoms with E-state index < -0.39 is 5.41 Å². The summed E-state index contributed by atoms with van der Waals surface area (Å²) in [5, 5.41) is 0. The number of ketones is 1. The van der Waals surface area contributed by atoms with Crippen LogP contribution in [0.25, 0.3) is 0 Å². The first-order valence-electron chi connectivity index (χ1n) is 6.43. The number of halogens is 2. The van der Waals surface area contributed by atoms with Crippen LogP contribution in [-0.2, 0) is 16.6 Å². The first-order chi connectivity index (χ1) is 9.39. The fraction of sp³-hybridized carbons (Fsp3) is 0.235. The van der Waals surface area contributed by atoms with Gasteiger partial charge in [0.25, 0.3) is 0 Å². The summed E-state index contributed by atoms with van der Waals surface area (Å²) in [6, 6.07) is 14.2. The molecule has 0 aliphatic heterocycles. The van der Waals surface area contributed by atoms with Crippen LogP contribution < -0.4 is 0 Å². The minimum absolute atomic E-state index is 0.0706. The van der Waals surface area contributed by atoms with Crippen LogP contribution in [0.15, 0.2) is 53.0 Å². The van der Waals surface area contributed by atoms with Crippen molar-refractivity contribution < 1.29 is 9.18 Å². The van der Waals surface area contributed by atoms with Crippen molar-refractivity contribution in [2.24, 2.45) is 0 Å². The molecule has 0 saturated heterocycles. The van der Waals surface area contributed by atoms with Gasteiger partial charge in [-0.1, -0.05) is 46.3 Å². The summed E-state index contributed by atoms with van der Waals surface area (Å²) in [4.78, 5) is 12.5. The van der Waals surface area contributed by atoms with Crippen LogP contribution in [0.3, 0.4) is 0 Å². The molecule has 20 heavy (non-hydrogen) atoms. The number of hydrogen-bond donors (Lipinski definition) is 0. The quantitative estimate of drug-likeness (QED) is 0.793. The first-order valence-corrected chi connectivity index (χ1v) is 7.22. The van der Waals surface area contributed by atoms with Crippen molar-refractivity contribution in [1.29, 1.82) is 0 Å². The van der Waals surface area contributed by atoms with E-state index in [4.69, 9.17) is 0 Å². The lowest BCUT2D eigenvalue weighted by atomic mass is 9.78. The van der Waals surface area contributed by atoms with Gasteiger partial charge in [0.2, 0.25) is 0 Å². The highest BCUT2D eigenvalue weighted by Gasteiger charge is 2.29. The third kappa shape index (κ3) is 3.34. The molecule has 1 nitrogen and oxygen atoms in total. The van der Waals surface area contributed by atoms with Crippen LogP contribution in [0.1, 0.15) is 25.0 Å². The second-order valence-electron chi connectivity index (χ2n) is 5.37. The molecule has 2 aromatic rings. The summed E-state index contributed by atoms with van der Waals surface area (Å²) < 4.78 is 14.0. The van der Waals surface area contributed by atoms with Gasteiger partial charge in [-0.2, -0.15) is 0 Å². The Kier molecular flexibility index (Phi) is 4.39. The maximum atomic E-state index is 13.4. The van der Waals surface area contributed by atoms with Gasteiger partial charge in [-0.15, -0.1) is 0 Å². The molecule has 0 bridgehead atoms. The monoisotopic (exact) mass is 334 g/mol. The molecule has 0 amide bonds. The van der Waals surface area contributed by atoms with E-state index in [1.54, 1.807) is 6.07 Å². The molecule has 0 heterocycles. The van der Waals surface area contributed by atoms with Gasteiger partial charge in [-0.3, -0.25) is 4.79 Å². The first kappa shape index (κ1) is 14.9. The predicted octanol–water partition coefficient (Wildman–Crippen LogP) is 4.68. The summed E-state index contributed by atoms with van der Waals surface area (Å²) in [6.45, 7) is 3.80. The van der Waals surface area contributed by atoms with Gasteiger partial charge in [0.1, 0.15) is 11.6 Å². The van der Waals surface area contributed by atoms with Gasteiger partial charge in [0, 0.05) is 16.3 Å². The zero-order valence-corrected chi connectivity index (χ0v) is 13.1. The average molecular weight is 335 g/mol. The number of hydrogen-bond acceptors (Lipinski definition) is 1. The summed E-state index contributed by atoms with van der Waals surface area (Å²) >= 11 is 3.25. The standard InChI is InChI=1S/C17H16BrFO/c1-17(2,13-6-4-3-5-7-13)16(20)10-12-8-14(18)11-15(19)9-12/h3-9,11H,10H2,1-2H3. The fourth-order valence-corrected chi connectivity index (χ4v) is 2.65. The van der Waals surface area contributed by atoms with Crippen molar-refractivity contribution >= 4 is 21.7 Å². The highest BCUT2D eigenvalue weighted by atomic mass is 79.9. The largest absolute Gasteiger partial charge is 0.298 e. The average Bonchev–Trinajstić information content (AvgIpc) is 2.38. The van der Waals surface area contributed by atoms with Crippen molar-refractivity contribution in [3.05, 3.63) is 69.9 Å². The Labute approximate surface area is 127 Å². The number of Topliss-reactive ketones (excluding diaryl/α,β-unsaturated/α-hetero) is 1. The minimum Gasteiger partial charge on any atom is -0.298 e. The SMILES string of the molecule is CC(C)(C(=O)Cc1cc(F)cc(Br)c1)c1ccccc1. The zero-order chi connectivity index (χ0) is 14.8. The number of carbonyl (C=O) groups is 1. The lowest BCUT2D eigenvalue weighted by molar-refractivity contribution is -0.122. The van der Waals surface area contributed by atoms with Crippen LogP contribution in [0.4, 0.5) is 4.39 Å². The maximum absolute atomic E-state index is 13.4. The summed E-state index contributed by atoms with van der Waals surface area (Å²) in [6.07, 6.45) is 0.220. The Morgan fingerprint density at radius 2 is 1.80 bits per heavy atom. The van der Waals surface area contributed by atoms with Gasteiger partial charge in [-0.05, 0) is 43.2 Å². The lowest BCUT2D eigenvalue weighted by Crippen LogP contribution is -2.30. The van der Waals surface area contributed by atoms with E-state index in [1.165, 1.54) is 12.1 Å². The van der Waals surface area contributed by atoms with Crippen molar-refractivity contribution in [2.75, 3.05) is 0 Å². The molecule has 0 radical (unpaired) electrons. The second kappa shape index (κ2) is 5.88. The minimum atomic E-state index is -0.583. The molecule has 0 N–H and O–H groups in total. The van der Waals surface area contributed by atoms with Crippen LogP contribution in [0, 0.1) is 5.82 Å². The fourth-order valence-electron chi connectivity index (χ4n) is 2.14. The Morgan fingerprint density at radius 1 is 1.15 bits per heavy atom. The van der Waals surface area contributed by atoms with Crippen molar-refractivity contribution in [2.45, 2.75) is 25.7 Å². The molecule has 0 unspecified atom stereocenters. The van der Waals surface area contributed by atoms with Crippen LogP contribution in [0.5, 0.6) is 0 Å². The Morgan fingerprint density at radius 3 is 2.40 bits per heavy atom. The number of rotatable bonds is 4. The second-order valence-corrected chi connectivity index (χ2v) is 6.28. The molecule has 0 fully saturated rings. The van der Waals surface area contributed by atoms with E-state index in [9.17, 15) is 9.18 Å². The van der Waals surface area contributed by atoms with Crippen LogP contribution in [0.2, 0.25) is 0 Å². The van der Waals surface area contributed by atoms with E-state index in [-0.39, 0.29) is 18.0 Å². The molecule has 0 saturated carbocycles. The molecule has 0 aromatic heterocycles. The number of carbonyl (C=O) groups excluding carboxylic acids is 1. The molecule has 2 rings (SSSR count). The van der Waals surface area contributed by atoms with E-state index in [0.717, 1.165) is 5.56 Å². The van der Waals surface area contributed by atoms with Crippen molar-refractivity contribution in [3.63, 3.8) is 0 Å². The van der Waals surface area contributed by atoms with Crippen molar-refractivity contribution in [3.8, 4) is 0 Å². The molecule has 104 valence electrons. The van der Waals surface area contributed by atoms with Crippen LogP contribution >= 0.6 is 15.9 Å². The molecule has 2 aromatic carbocycles. The Hall–Kier alpha value is -1.48. The smallest absolute Gasteiger partial charge is 0.147 e. The molecular formula is C17H16BrFO. The molecular weight excluding hydrogens is 319 g/mol. The Balaban J connectivity index is 2.23. The van der Waals surface area contributed by atoms with Crippen molar-refractivity contribution in [1.82, 2.24) is 0 Å². The molecule has 0 atom stereocenters. The summed E-state index contributed by atoms with van der Waals surface area (Å²) in [5.41, 5.74) is 1.08. The molecule has 3 heteroatoms. The highest BCUT2D eigenvalue weighted by molar-refractivity contribution is 9.10. The maximum Gasteiger partial charge on any atom is 0.147 e. The summed E-state index contributed by atoms with van der Waals surface area (Å²) in [5.74, 6) is -0.263. The zero-order valence-electron chi connectivity index (χ0n) is 11.5. The topological polar surface area (TPSA) is 17.1 Å². The highest BCUT2D eigenvalue weighted by Crippen LogP contribution is 2.26. The Bertz CT molecular complexity index is 600. The number of benzene rings is 2. The van der Waals surface area contributed by atoms with Gasteiger partial charge in [0.05, 0.1) is 0 Å². The van der Waals surface area contributed by atoms with Gasteiger partial charge < -0.3 is 0 Å². The van der Waals surface area contributed by atoms with E-state index >= 15 is 0 Å². The molecule has 0 spiro atoms. The van der Waals surface area contributed by atoms with E-state index in [0.29, 0.717) is 10.0 Å². The third-order valence-corrected chi connectivity index (χ3v) is 3.94. The van der Waals surface area contributed by atoms with Gasteiger partial charge in [-0.25, -0.2) is 4.39 Å².